The van der Waals surface area contributed by atoms with Gasteiger partial charge in [0.2, 0.25) is 5.91 Å². The van der Waals surface area contributed by atoms with E-state index < -0.39 is 0 Å². The van der Waals surface area contributed by atoms with Crippen LogP contribution in [-0.2, 0) is 4.79 Å². The predicted octanol–water partition coefficient (Wildman–Crippen LogP) is 1.88. The zero-order valence-electron chi connectivity index (χ0n) is 12.3. The monoisotopic (exact) mass is 276 g/mol. The first-order valence-corrected chi connectivity index (χ1v) is 7.29. The third-order valence-electron chi connectivity index (χ3n) is 4.16. The summed E-state index contributed by atoms with van der Waals surface area (Å²) in [5.74, 6) is 0.0523. The lowest BCUT2D eigenvalue weighted by molar-refractivity contribution is -0.120. The average Bonchev–Trinajstić information content (AvgIpc) is 2.47. The highest BCUT2D eigenvalue weighted by atomic mass is 16.3. The van der Waals surface area contributed by atoms with Gasteiger partial charge in [0, 0.05) is 18.8 Å². The fourth-order valence-electron chi connectivity index (χ4n) is 2.84. The first kappa shape index (κ1) is 15.0. The molecule has 110 valence electrons. The minimum absolute atomic E-state index is 0.0523. The van der Waals surface area contributed by atoms with Crippen molar-refractivity contribution in [3.8, 4) is 0 Å². The quantitative estimate of drug-likeness (QED) is 0.913. The van der Waals surface area contributed by atoms with E-state index in [4.69, 9.17) is 0 Å². The van der Waals surface area contributed by atoms with Gasteiger partial charge in [0.1, 0.15) is 0 Å². The van der Waals surface area contributed by atoms with Crippen LogP contribution in [0.2, 0.25) is 0 Å². The van der Waals surface area contributed by atoms with Crippen molar-refractivity contribution in [3.63, 3.8) is 0 Å². The van der Waals surface area contributed by atoms with E-state index in [9.17, 15) is 9.90 Å². The Labute approximate surface area is 121 Å². The summed E-state index contributed by atoms with van der Waals surface area (Å²) in [6, 6.07) is 9.74. The van der Waals surface area contributed by atoms with Crippen LogP contribution < -0.4 is 4.90 Å². The molecule has 1 saturated carbocycles. The number of anilines is 1. The molecule has 1 aromatic rings. The summed E-state index contributed by atoms with van der Waals surface area (Å²) in [7, 11) is 3.72. The van der Waals surface area contributed by atoms with E-state index in [2.05, 4.69) is 0 Å². The van der Waals surface area contributed by atoms with Gasteiger partial charge in [-0.1, -0.05) is 31.0 Å². The summed E-state index contributed by atoms with van der Waals surface area (Å²) in [6.07, 6.45) is 3.74. The number of para-hydroxylation sites is 1. The van der Waals surface area contributed by atoms with Gasteiger partial charge in [0.15, 0.2) is 0 Å². The number of nitrogens with zero attached hydrogens (tertiary/aromatic N) is 2. The van der Waals surface area contributed by atoms with E-state index in [1.165, 1.54) is 0 Å². The number of benzene rings is 1. The van der Waals surface area contributed by atoms with E-state index in [0.29, 0.717) is 6.54 Å². The number of rotatable bonds is 4. The van der Waals surface area contributed by atoms with E-state index in [1.54, 1.807) is 11.9 Å². The van der Waals surface area contributed by atoms with Gasteiger partial charge in [0.25, 0.3) is 0 Å². The van der Waals surface area contributed by atoms with Crippen LogP contribution in [0.4, 0.5) is 5.69 Å². The Kier molecular flexibility index (Phi) is 5.15. The highest BCUT2D eigenvalue weighted by Crippen LogP contribution is 2.22. The van der Waals surface area contributed by atoms with Crippen molar-refractivity contribution < 1.29 is 9.90 Å². The molecule has 1 fully saturated rings. The molecule has 1 N–H and O–H groups in total. The first-order valence-electron chi connectivity index (χ1n) is 7.29. The molecule has 0 bridgehead atoms. The van der Waals surface area contributed by atoms with E-state index in [-0.39, 0.29) is 18.1 Å². The SMILES string of the molecule is CN(C(=O)CN(C)C1CCCCC1O)c1ccccc1. The van der Waals surface area contributed by atoms with Crippen LogP contribution in [0.1, 0.15) is 25.7 Å². The zero-order valence-corrected chi connectivity index (χ0v) is 12.3. The second-order valence-electron chi connectivity index (χ2n) is 5.62. The van der Waals surface area contributed by atoms with E-state index in [1.807, 2.05) is 42.3 Å². The Balaban J connectivity index is 1.93. The Bertz CT molecular complexity index is 435. The maximum Gasteiger partial charge on any atom is 0.240 e. The smallest absolute Gasteiger partial charge is 0.240 e. The molecule has 2 rings (SSSR count). The fourth-order valence-corrected chi connectivity index (χ4v) is 2.84. The highest BCUT2D eigenvalue weighted by molar-refractivity contribution is 5.94. The van der Waals surface area contributed by atoms with Crippen LogP contribution in [0.5, 0.6) is 0 Å². The van der Waals surface area contributed by atoms with Crippen molar-refractivity contribution in [1.29, 1.82) is 0 Å². The number of amides is 1. The molecule has 1 aromatic carbocycles. The largest absolute Gasteiger partial charge is 0.391 e. The maximum absolute atomic E-state index is 12.3. The lowest BCUT2D eigenvalue weighted by Gasteiger charge is -2.35. The molecular formula is C16H24N2O2. The summed E-state index contributed by atoms with van der Waals surface area (Å²) in [6.45, 7) is 0.340. The molecule has 20 heavy (non-hydrogen) atoms. The topological polar surface area (TPSA) is 43.8 Å². The molecular weight excluding hydrogens is 252 g/mol. The molecule has 4 nitrogen and oxygen atoms in total. The van der Waals surface area contributed by atoms with Crippen LogP contribution in [0.3, 0.4) is 0 Å². The molecule has 0 aliphatic heterocycles. The van der Waals surface area contributed by atoms with Gasteiger partial charge in [-0.3, -0.25) is 9.69 Å². The molecule has 0 aromatic heterocycles. The van der Waals surface area contributed by atoms with Gasteiger partial charge >= 0.3 is 0 Å². The van der Waals surface area contributed by atoms with Crippen LogP contribution in [0, 0.1) is 0 Å². The van der Waals surface area contributed by atoms with Crippen LogP contribution in [-0.4, -0.2) is 48.7 Å². The molecule has 1 aliphatic carbocycles. The molecule has 0 spiro atoms. The molecule has 2 atom stereocenters. The van der Waals surface area contributed by atoms with E-state index >= 15 is 0 Å². The van der Waals surface area contributed by atoms with Crippen molar-refractivity contribution >= 4 is 11.6 Å². The normalized spacial score (nSPS) is 22.8. The van der Waals surface area contributed by atoms with Crippen LogP contribution in [0.25, 0.3) is 0 Å². The first-order chi connectivity index (χ1) is 9.59. The van der Waals surface area contributed by atoms with Gasteiger partial charge < -0.3 is 10.0 Å². The van der Waals surface area contributed by atoms with Gasteiger partial charge in [-0.25, -0.2) is 0 Å². The summed E-state index contributed by atoms with van der Waals surface area (Å²) >= 11 is 0. The third-order valence-corrected chi connectivity index (χ3v) is 4.16. The summed E-state index contributed by atoms with van der Waals surface area (Å²) in [5.41, 5.74) is 0.898. The number of likely N-dealkylation sites (N-methyl/N-ethyl adjacent to an activating group) is 2. The highest BCUT2D eigenvalue weighted by Gasteiger charge is 2.28. The van der Waals surface area contributed by atoms with Gasteiger partial charge in [-0.05, 0) is 32.0 Å². The number of hydrogen-bond acceptors (Lipinski definition) is 3. The Hall–Kier alpha value is -1.39. The Morgan fingerprint density at radius 2 is 1.85 bits per heavy atom. The van der Waals surface area contributed by atoms with E-state index in [0.717, 1.165) is 31.4 Å². The number of aliphatic hydroxyl groups excluding tert-OH is 1. The lowest BCUT2D eigenvalue weighted by Crippen LogP contribution is -2.47. The second kappa shape index (κ2) is 6.86. The molecule has 1 amide bonds. The third kappa shape index (κ3) is 3.58. The zero-order chi connectivity index (χ0) is 14.5. The minimum Gasteiger partial charge on any atom is -0.391 e. The van der Waals surface area contributed by atoms with Gasteiger partial charge in [-0.2, -0.15) is 0 Å². The Morgan fingerprint density at radius 3 is 2.50 bits per heavy atom. The van der Waals surface area contributed by atoms with Crippen LogP contribution in [0.15, 0.2) is 30.3 Å². The minimum atomic E-state index is -0.302. The standard InChI is InChI=1S/C16H24N2O2/c1-17(14-10-6-7-11-15(14)19)12-16(20)18(2)13-8-4-3-5-9-13/h3-5,8-9,14-15,19H,6-7,10-12H2,1-2H3. The molecule has 0 heterocycles. The van der Waals surface area contributed by atoms with Gasteiger partial charge in [0.05, 0.1) is 12.6 Å². The Morgan fingerprint density at radius 1 is 1.20 bits per heavy atom. The van der Waals surface area contributed by atoms with Crippen molar-refractivity contribution in [1.82, 2.24) is 4.90 Å². The average molecular weight is 276 g/mol. The summed E-state index contributed by atoms with van der Waals surface area (Å²) in [5, 5.41) is 10.0. The summed E-state index contributed by atoms with van der Waals surface area (Å²) < 4.78 is 0. The molecule has 0 radical (unpaired) electrons. The number of carbonyl (C=O) groups is 1. The predicted molar refractivity (Wildman–Crippen MR) is 80.7 cm³/mol. The van der Waals surface area contributed by atoms with Crippen LogP contribution >= 0.6 is 0 Å². The molecule has 1 aliphatic rings. The van der Waals surface area contributed by atoms with Crippen molar-refractivity contribution in [2.45, 2.75) is 37.8 Å². The van der Waals surface area contributed by atoms with Crippen molar-refractivity contribution in [2.24, 2.45) is 0 Å². The molecule has 2 unspecified atom stereocenters. The molecule has 0 saturated heterocycles. The number of hydrogen-bond donors (Lipinski definition) is 1. The van der Waals surface area contributed by atoms with Gasteiger partial charge in [-0.15, -0.1) is 0 Å². The molecule has 4 heteroatoms. The maximum atomic E-state index is 12.3. The van der Waals surface area contributed by atoms with Crippen molar-refractivity contribution in [3.05, 3.63) is 30.3 Å². The number of carbonyl (C=O) groups excluding carboxylic acids is 1. The fraction of sp³-hybridized carbons (Fsp3) is 0.562. The lowest BCUT2D eigenvalue weighted by atomic mass is 9.91. The number of aliphatic hydroxyl groups is 1. The van der Waals surface area contributed by atoms with Crippen molar-refractivity contribution in [2.75, 3.05) is 25.5 Å². The second-order valence-corrected chi connectivity index (χ2v) is 5.62. The summed E-state index contributed by atoms with van der Waals surface area (Å²) in [4.78, 5) is 16.0.